The van der Waals surface area contributed by atoms with Gasteiger partial charge in [-0.25, -0.2) is 0 Å². The normalized spacial score (nSPS) is 19.6. The van der Waals surface area contributed by atoms with E-state index in [1.807, 2.05) is 6.07 Å². The first-order valence-electron chi connectivity index (χ1n) is 5.61. The summed E-state index contributed by atoms with van der Waals surface area (Å²) < 4.78 is 5.28. The maximum atomic E-state index is 10.1. The maximum absolute atomic E-state index is 10.1. The number of pyridine rings is 1. The summed E-state index contributed by atoms with van der Waals surface area (Å²) in [5.41, 5.74) is 0.968. The second-order valence-corrected chi connectivity index (χ2v) is 4.60. The molecule has 0 amide bonds. The molecule has 88 valence electrons. The molecule has 2 rings (SSSR count). The van der Waals surface area contributed by atoms with Crippen molar-refractivity contribution < 1.29 is 9.84 Å². The van der Waals surface area contributed by atoms with E-state index < -0.39 is 0 Å². The van der Waals surface area contributed by atoms with E-state index in [1.165, 1.54) is 0 Å². The Labute approximate surface area is 100 Å². The Bertz CT molecular complexity index is 340. The number of hydrogen-bond acceptors (Lipinski definition) is 3. The molecular weight excluding hydrogens is 226 g/mol. The van der Waals surface area contributed by atoms with Crippen LogP contribution in [0.3, 0.4) is 0 Å². The average molecular weight is 242 g/mol. The molecule has 1 aliphatic rings. The van der Waals surface area contributed by atoms with Gasteiger partial charge in [0.15, 0.2) is 0 Å². The van der Waals surface area contributed by atoms with Crippen LogP contribution in [0.4, 0.5) is 0 Å². The van der Waals surface area contributed by atoms with Crippen molar-refractivity contribution in [3.8, 4) is 0 Å². The number of nitrogens with zero attached hydrogens (tertiary/aromatic N) is 1. The van der Waals surface area contributed by atoms with Gasteiger partial charge in [0.2, 0.25) is 0 Å². The fraction of sp³-hybridized carbons (Fsp3) is 0.583. The van der Waals surface area contributed by atoms with Crippen molar-refractivity contribution in [2.45, 2.75) is 25.4 Å². The third-order valence-electron chi connectivity index (χ3n) is 3.10. The van der Waals surface area contributed by atoms with E-state index in [-0.39, 0.29) is 6.10 Å². The lowest BCUT2D eigenvalue weighted by molar-refractivity contribution is 0.00840. The van der Waals surface area contributed by atoms with Gasteiger partial charge in [-0.15, -0.1) is 0 Å². The molecule has 1 N–H and O–H groups in total. The number of aromatic nitrogens is 1. The highest BCUT2D eigenvalue weighted by molar-refractivity contribution is 6.31. The molecule has 2 heterocycles. The van der Waals surface area contributed by atoms with Gasteiger partial charge < -0.3 is 9.84 Å². The molecule has 1 fully saturated rings. The molecule has 0 saturated carbocycles. The quantitative estimate of drug-likeness (QED) is 0.881. The number of rotatable bonds is 3. The molecule has 1 aromatic rings. The topological polar surface area (TPSA) is 42.4 Å². The summed E-state index contributed by atoms with van der Waals surface area (Å²) in [6.07, 6.45) is 5.47. The molecule has 0 aromatic carbocycles. The molecule has 0 bridgehead atoms. The number of aliphatic hydroxyl groups excluding tert-OH is 1. The molecule has 4 heteroatoms. The third-order valence-corrected chi connectivity index (χ3v) is 3.44. The van der Waals surface area contributed by atoms with E-state index >= 15 is 0 Å². The van der Waals surface area contributed by atoms with Crippen LogP contribution in [0.2, 0.25) is 5.02 Å². The van der Waals surface area contributed by atoms with Crippen molar-refractivity contribution >= 4 is 11.6 Å². The zero-order chi connectivity index (χ0) is 11.4. The van der Waals surface area contributed by atoms with Crippen LogP contribution in [0.1, 0.15) is 18.4 Å². The van der Waals surface area contributed by atoms with Crippen LogP contribution < -0.4 is 0 Å². The summed E-state index contributed by atoms with van der Waals surface area (Å²) in [5, 5.41) is 10.8. The van der Waals surface area contributed by atoms with E-state index in [0.29, 0.717) is 17.4 Å². The highest BCUT2D eigenvalue weighted by atomic mass is 35.5. The fourth-order valence-corrected chi connectivity index (χ4v) is 2.26. The van der Waals surface area contributed by atoms with E-state index in [9.17, 15) is 5.11 Å². The summed E-state index contributed by atoms with van der Waals surface area (Å²) in [7, 11) is 0. The van der Waals surface area contributed by atoms with Gasteiger partial charge in [-0.3, -0.25) is 4.98 Å². The lowest BCUT2D eigenvalue weighted by atomic mass is 9.90. The van der Waals surface area contributed by atoms with Crippen molar-refractivity contribution in [3.05, 3.63) is 29.0 Å². The Morgan fingerprint density at radius 3 is 2.94 bits per heavy atom. The van der Waals surface area contributed by atoms with E-state index in [2.05, 4.69) is 4.98 Å². The molecule has 0 aliphatic carbocycles. The highest BCUT2D eigenvalue weighted by Crippen LogP contribution is 2.23. The molecule has 1 aromatic heterocycles. The highest BCUT2D eigenvalue weighted by Gasteiger charge is 2.22. The van der Waals surface area contributed by atoms with Crippen molar-refractivity contribution in [3.63, 3.8) is 0 Å². The zero-order valence-electron chi connectivity index (χ0n) is 9.10. The lowest BCUT2D eigenvalue weighted by Gasteiger charge is -2.26. The van der Waals surface area contributed by atoms with Gasteiger partial charge in [0.1, 0.15) is 0 Å². The maximum Gasteiger partial charge on any atom is 0.0622 e. The third kappa shape index (κ3) is 2.94. The van der Waals surface area contributed by atoms with Crippen LogP contribution in [0, 0.1) is 5.92 Å². The van der Waals surface area contributed by atoms with Crippen LogP contribution in [0.25, 0.3) is 0 Å². The first-order valence-corrected chi connectivity index (χ1v) is 5.99. The van der Waals surface area contributed by atoms with Gasteiger partial charge in [0.05, 0.1) is 11.1 Å². The minimum absolute atomic E-state index is 0.330. The lowest BCUT2D eigenvalue weighted by Crippen LogP contribution is -2.29. The van der Waals surface area contributed by atoms with E-state index in [1.54, 1.807) is 12.4 Å². The van der Waals surface area contributed by atoms with Crippen LogP contribution in [0.5, 0.6) is 0 Å². The van der Waals surface area contributed by atoms with Crippen LogP contribution in [-0.4, -0.2) is 29.4 Å². The summed E-state index contributed by atoms with van der Waals surface area (Å²) in [6.45, 7) is 1.51. The number of ether oxygens (including phenoxy) is 1. The molecule has 1 atom stereocenters. The largest absolute Gasteiger partial charge is 0.392 e. The van der Waals surface area contributed by atoms with Gasteiger partial charge in [-0.1, -0.05) is 11.6 Å². The van der Waals surface area contributed by atoms with Crippen molar-refractivity contribution in [1.29, 1.82) is 0 Å². The summed E-state index contributed by atoms with van der Waals surface area (Å²) in [5.74, 6) is 0.331. The van der Waals surface area contributed by atoms with Crippen molar-refractivity contribution in [2.24, 2.45) is 5.92 Å². The average Bonchev–Trinajstić information content (AvgIpc) is 2.33. The standard InChI is InChI=1S/C12H16ClNO2/c13-11-8-14-4-1-10(11)7-12(15)9-2-5-16-6-3-9/h1,4,8-9,12,15H,2-3,5-7H2. The number of halogens is 1. The van der Waals surface area contributed by atoms with Crippen molar-refractivity contribution in [2.75, 3.05) is 13.2 Å². The Morgan fingerprint density at radius 2 is 2.25 bits per heavy atom. The molecule has 1 unspecified atom stereocenters. The first-order chi connectivity index (χ1) is 7.77. The SMILES string of the molecule is OC(Cc1ccncc1Cl)C1CCOCC1. The van der Waals surface area contributed by atoms with Crippen molar-refractivity contribution in [1.82, 2.24) is 4.98 Å². The predicted molar refractivity (Wildman–Crippen MR) is 62.5 cm³/mol. The summed E-state index contributed by atoms with van der Waals surface area (Å²) in [6, 6.07) is 1.87. The van der Waals surface area contributed by atoms with Gasteiger partial charge in [0.25, 0.3) is 0 Å². The minimum Gasteiger partial charge on any atom is -0.392 e. The number of aliphatic hydroxyl groups is 1. The second-order valence-electron chi connectivity index (χ2n) is 4.19. The van der Waals surface area contributed by atoms with Gasteiger partial charge >= 0.3 is 0 Å². The molecule has 0 spiro atoms. The molecule has 0 radical (unpaired) electrons. The Kier molecular flexibility index (Phi) is 4.16. The molecule has 16 heavy (non-hydrogen) atoms. The van der Waals surface area contributed by atoms with Gasteiger partial charge in [-0.05, 0) is 30.4 Å². The van der Waals surface area contributed by atoms with E-state index in [0.717, 1.165) is 31.6 Å². The number of hydrogen-bond donors (Lipinski definition) is 1. The fourth-order valence-electron chi connectivity index (χ4n) is 2.06. The zero-order valence-corrected chi connectivity index (χ0v) is 9.86. The summed E-state index contributed by atoms with van der Waals surface area (Å²) >= 11 is 6.01. The minimum atomic E-state index is -0.330. The Morgan fingerprint density at radius 1 is 1.50 bits per heavy atom. The molecular formula is C12H16ClNO2. The molecule has 3 nitrogen and oxygen atoms in total. The van der Waals surface area contributed by atoms with Crippen LogP contribution in [0.15, 0.2) is 18.5 Å². The summed E-state index contributed by atoms with van der Waals surface area (Å²) in [4.78, 5) is 3.93. The Balaban J connectivity index is 1.96. The van der Waals surface area contributed by atoms with Gasteiger partial charge in [0, 0.05) is 32.0 Å². The monoisotopic (exact) mass is 241 g/mol. The second kappa shape index (κ2) is 5.62. The van der Waals surface area contributed by atoms with Crippen LogP contribution >= 0.6 is 11.6 Å². The molecule has 1 saturated heterocycles. The van der Waals surface area contributed by atoms with E-state index in [4.69, 9.17) is 16.3 Å². The van der Waals surface area contributed by atoms with Gasteiger partial charge in [-0.2, -0.15) is 0 Å². The predicted octanol–water partition coefficient (Wildman–Crippen LogP) is 2.06. The Hall–Kier alpha value is -0.640. The smallest absolute Gasteiger partial charge is 0.0622 e. The van der Waals surface area contributed by atoms with Crippen LogP contribution in [-0.2, 0) is 11.2 Å². The first kappa shape index (κ1) is 11.8. The molecule has 1 aliphatic heterocycles.